The first kappa shape index (κ1) is 10.3. The van der Waals surface area contributed by atoms with Crippen molar-refractivity contribution in [2.45, 2.75) is 6.92 Å². The Balaban J connectivity index is 2.81. The molecule has 0 spiro atoms. The van der Waals surface area contributed by atoms with Gasteiger partial charge in [0, 0.05) is 5.38 Å². The molecule has 1 aromatic heterocycles. The van der Waals surface area contributed by atoms with Crippen LogP contribution in [0, 0.1) is 6.92 Å². The Kier molecular flexibility index (Phi) is 2.79. The third kappa shape index (κ3) is 3.21. The van der Waals surface area contributed by atoms with E-state index >= 15 is 0 Å². The molecule has 0 unspecified atom stereocenters. The van der Waals surface area contributed by atoms with Crippen LogP contribution in [0.4, 0.5) is 0 Å². The second kappa shape index (κ2) is 3.52. The van der Waals surface area contributed by atoms with Crippen LogP contribution in [0.15, 0.2) is 5.38 Å². The van der Waals surface area contributed by atoms with Crippen LogP contribution in [-0.2, 0) is 10.0 Å². The average molecular weight is 220 g/mol. The van der Waals surface area contributed by atoms with Gasteiger partial charge in [-0.25, -0.2) is 18.5 Å². The van der Waals surface area contributed by atoms with E-state index in [-0.39, 0.29) is 5.69 Å². The van der Waals surface area contributed by atoms with Crippen molar-refractivity contribution in [1.82, 2.24) is 4.98 Å². The van der Waals surface area contributed by atoms with E-state index in [0.717, 1.165) is 5.01 Å². The van der Waals surface area contributed by atoms with Crippen LogP contribution >= 0.6 is 11.3 Å². The van der Waals surface area contributed by atoms with Gasteiger partial charge in [-0.1, -0.05) is 0 Å². The summed E-state index contributed by atoms with van der Waals surface area (Å²) < 4.78 is 21.1. The molecule has 13 heavy (non-hydrogen) atoms. The topological polar surface area (TPSA) is 90.1 Å². The van der Waals surface area contributed by atoms with Crippen LogP contribution in [0.1, 0.15) is 15.5 Å². The number of hydrogen-bond donors (Lipinski definition) is 1. The highest BCUT2D eigenvalue weighted by molar-refractivity contribution is 7.89. The minimum atomic E-state index is -3.75. The molecule has 5 nitrogen and oxygen atoms in total. The van der Waals surface area contributed by atoms with E-state index in [2.05, 4.69) is 4.98 Å². The predicted octanol–water partition coefficient (Wildman–Crippen LogP) is -0.0773. The molecule has 7 heteroatoms. The molecule has 0 aliphatic heterocycles. The number of thiazole rings is 1. The van der Waals surface area contributed by atoms with Crippen molar-refractivity contribution in [3.63, 3.8) is 0 Å². The van der Waals surface area contributed by atoms with Crippen LogP contribution in [0.2, 0.25) is 0 Å². The van der Waals surface area contributed by atoms with Crippen molar-refractivity contribution in [3.05, 3.63) is 16.1 Å². The Hall–Kier alpha value is -0.790. The summed E-state index contributed by atoms with van der Waals surface area (Å²) >= 11 is 1.29. The Morgan fingerprint density at radius 1 is 1.69 bits per heavy atom. The minimum Gasteiger partial charge on any atom is -0.291 e. The zero-order chi connectivity index (χ0) is 10.1. The minimum absolute atomic E-state index is 0.163. The van der Waals surface area contributed by atoms with E-state index in [1.165, 1.54) is 16.7 Å². The Bertz CT molecular complexity index is 421. The number of Topliss-reactive ketones (excluding diaryl/α,β-unsaturated/α-hetero) is 1. The van der Waals surface area contributed by atoms with Gasteiger partial charge in [-0.3, -0.25) is 4.79 Å². The Labute approximate surface area is 79.6 Å². The number of nitrogens with zero attached hydrogens (tertiary/aromatic N) is 1. The van der Waals surface area contributed by atoms with Gasteiger partial charge in [0.05, 0.1) is 5.01 Å². The summed E-state index contributed by atoms with van der Waals surface area (Å²) in [4.78, 5) is 15.0. The van der Waals surface area contributed by atoms with Gasteiger partial charge in [0.2, 0.25) is 10.0 Å². The third-order valence-corrected chi connectivity index (χ3v) is 2.68. The zero-order valence-electron chi connectivity index (χ0n) is 6.85. The van der Waals surface area contributed by atoms with Gasteiger partial charge >= 0.3 is 0 Å². The lowest BCUT2D eigenvalue weighted by molar-refractivity contribution is 0.101. The smallest absolute Gasteiger partial charge is 0.216 e. The summed E-state index contributed by atoms with van der Waals surface area (Å²) in [5, 5.41) is 6.94. The summed E-state index contributed by atoms with van der Waals surface area (Å²) in [5.74, 6) is -1.25. The van der Waals surface area contributed by atoms with Crippen LogP contribution in [0.3, 0.4) is 0 Å². The second-order valence-electron chi connectivity index (χ2n) is 2.48. The summed E-state index contributed by atoms with van der Waals surface area (Å²) in [6, 6.07) is 0. The molecule has 0 saturated carbocycles. The van der Waals surface area contributed by atoms with Crippen molar-refractivity contribution in [1.29, 1.82) is 0 Å². The molecule has 0 fully saturated rings. The number of sulfonamides is 1. The second-order valence-corrected chi connectivity index (χ2v) is 5.16. The van der Waals surface area contributed by atoms with E-state index in [4.69, 9.17) is 5.14 Å². The van der Waals surface area contributed by atoms with Crippen molar-refractivity contribution in [2.24, 2.45) is 5.14 Å². The van der Waals surface area contributed by atoms with E-state index in [1.807, 2.05) is 0 Å². The molecule has 0 bridgehead atoms. The highest BCUT2D eigenvalue weighted by Gasteiger charge is 2.15. The van der Waals surface area contributed by atoms with Crippen molar-refractivity contribution >= 4 is 27.1 Å². The van der Waals surface area contributed by atoms with E-state index in [9.17, 15) is 13.2 Å². The van der Waals surface area contributed by atoms with Gasteiger partial charge in [-0.15, -0.1) is 11.3 Å². The normalized spacial score (nSPS) is 11.5. The molecular formula is C6H8N2O3S2. The molecule has 1 heterocycles. The molecule has 0 amide bonds. The molecule has 0 aromatic carbocycles. The van der Waals surface area contributed by atoms with Gasteiger partial charge in [0.1, 0.15) is 11.4 Å². The fourth-order valence-corrected chi connectivity index (χ4v) is 1.88. The van der Waals surface area contributed by atoms with E-state index in [0.29, 0.717) is 0 Å². The Morgan fingerprint density at radius 2 is 2.31 bits per heavy atom. The van der Waals surface area contributed by atoms with Crippen LogP contribution in [-0.4, -0.2) is 24.9 Å². The highest BCUT2D eigenvalue weighted by atomic mass is 32.2. The van der Waals surface area contributed by atoms with Gasteiger partial charge < -0.3 is 0 Å². The number of carbonyl (C=O) groups excluding carboxylic acids is 1. The maximum atomic E-state index is 11.2. The van der Waals surface area contributed by atoms with Gasteiger partial charge in [0.25, 0.3) is 0 Å². The highest BCUT2D eigenvalue weighted by Crippen LogP contribution is 2.08. The predicted molar refractivity (Wildman–Crippen MR) is 49.2 cm³/mol. The number of ketones is 1. The standard InChI is InChI=1S/C6H8N2O3S2/c1-4-8-5(2-12-4)6(9)3-13(7,10)11/h2H,3H2,1H3,(H2,7,10,11). The Morgan fingerprint density at radius 3 is 2.69 bits per heavy atom. The number of aromatic nitrogens is 1. The summed E-state index contributed by atoms with van der Waals surface area (Å²) in [6.45, 7) is 1.73. The van der Waals surface area contributed by atoms with Gasteiger partial charge in [0.15, 0.2) is 5.78 Å². The van der Waals surface area contributed by atoms with Crippen molar-refractivity contribution in [2.75, 3.05) is 5.75 Å². The van der Waals surface area contributed by atoms with E-state index in [1.54, 1.807) is 6.92 Å². The van der Waals surface area contributed by atoms with Crippen molar-refractivity contribution in [3.8, 4) is 0 Å². The summed E-state index contributed by atoms with van der Waals surface area (Å²) in [7, 11) is -3.75. The molecular weight excluding hydrogens is 212 g/mol. The molecule has 0 radical (unpaired) electrons. The fourth-order valence-electron chi connectivity index (χ4n) is 0.748. The molecule has 0 saturated heterocycles. The number of rotatable bonds is 3. The maximum absolute atomic E-state index is 11.2. The molecule has 72 valence electrons. The lowest BCUT2D eigenvalue weighted by atomic mass is 10.3. The number of hydrogen-bond acceptors (Lipinski definition) is 5. The third-order valence-electron chi connectivity index (χ3n) is 1.24. The molecule has 0 aliphatic rings. The van der Waals surface area contributed by atoms with Crippen LogP contribution < -0.4 is 5.14 Å². The zero-order valence-corrected chi connectivity index (χ0v) is 8.48. The number of aryl methyl sites for hydroxylation is 1. The lowest BCUT2D eigenvalue weighted by Crippen LogP contribution is -2.23. The first-order valence-electron chi connectivity index (χ1n) is 3.34. The van der Waals surface area contributed by atoms with Crippen molar-refractivity contribution < 1.29 is 13.2 Å². The van der Waals surface area contributed by atoms with E-state index < -0.39 is 21.6 Å². The first-order valence-corrected chi connectivity index (χ1v) is 5.94. The summed E-state index contributed by atoms with van der Waals surface area (Å²) in [6.07, 6.45) is 0. The quantitative estimate of drug-likeness (QED) is 0.721. The first-order chi connectivity index (χ1) is 5.88. The van der Waals surface area contributed by atoms with Crippen LogP contribution in [0.5, 0.6) is 0 Å². The maximum Gasteiger partial charge on any atom is 0.216 e. The lowest BCUT2D eigenvalue weighted by Gasteiger charge is -1.93. The number of primary sulfonamides is 1. The van der Waals surface area contributed by atoms with Gasteiger partial charge in [-0.05, 0) is 6.92 Å². The molecule has 1 rings (SSSR count). The average Bonchev–Trinajstić information content (AvgIpc) is 2.31. The number of carbonyl (C=O) groups is 1. The number of nitrogens with two attached hydrogens (primary N) is 1. The largest absolute Gasteiger partial charge is 0.291 e. The molecule has 2 N–H and O–H groups in total. The molecule has 0 aliphatic carbocycles. The van der Waals surface area contributed by atoms with Gasteiger partial charge in [-0.2, -0.15) is 0 Å². The molecule has 0 atom stereocenters. The van der Waals surface area contributed by atoms with Crippen LogP contribution in [0.25, 0.3) is 0 Å². The summed E-state index contributed by atoms with van der Waals surface area (Å²) in [5.41, 5.74) is 0.163. The monoisotopic (exact) mass is 220 g/mol. The SMILES string of the molecule is Cc1nc(C(=O)CS(N)(=O)=O)cs1. The fraction of sp³-hybridized carbons (Fsp3) is 0.333. The molecule has 1 aromatic rings.